The summed E-state index contributed by atoms with van der Waals surface area (Å²) in [6.07, 6.45) is 1.67. The lowest BCUT2D eigenvalue weighted by Crippen LogP contribution is -2.08. The third kappa shape index (κ3) is 4.28. The standard InChI is InChI=1S/C24H17BrO5/c1-2-28-18-9-3-15(4-10-18)13-22-23(26)20-12-11-19(14-21(20)30-22)29-24(27)16-5-7-17(25)8-6-16/h3-14H,2H2,1H3. The molecule has 1 aliphatic rings. The molecule has 0 unspecified atom stereocenters. The topological polar surface area (TPSA) is 61.8 Å². The number of ether oxygens (including phenoxy) is 3. The second-order valence-electron chi connectivity index (χ2n) is 6.50. The number of benzene rings is 3. The van der Waals surface area contributed by atoms with Gasteiger partial charge in [0.25, 0.3) is 0 Å². The number of carbonyl (C=O) groups excluding carboxylic acids is 2. The number of Topliss-reactive ketones (excluding diaryl/α,β-unsaturated/α-hetero) is 1. The number of esters is 1. The Labute approximate surface area is 182 Å². The van der Waals surface area contributed by atoms with Crippen LogP contribution in [0.4, 0.5) is 0 Å². The number of ketones is 1. The summed E-state index contributed by atoms with van der Waals surface area (Å²) in [6, 6.07) is 18.9. The predicted molar refractivity (Wildman–Crippen MR) is 116 cm³/mol. The number of rotatable bonds is 5. The van der Waals surface area contributed by atoms with Gasteiger partial charge in [-0.25, -0.2) is 4.79 Å². The van der Waals surface area contributed by atoms with Gasteiger partial charge in [-0.15, -0.1) is 0 Å². The molecule has 6 heteroatoms. The second kappa shape index (κ2) is 8.55. The first-order valence-electron chi connectivity index (χ1n) is 9.32. The zero-order chi connectivity index (χ0) is 21.1. The van der Waals surface area contributed by atoms with Gasteiger partial charge >= 0.3 is 5.97 Å². The minimum atomic E-state index is -0.489. The maximum atomic E-state index is 12.6. The third-order valence-electron chi connectivity index (χ3n) is 4.42. The molecule has 5 nitrogen and oxygen atoms in total. The summed E-state index contributed by atoms with van der Waals surface area (Å²) in [5.41, 5.74) is 1.67. The summed E-state index contributed by atoms with van der Waals surface area (Å²) in [4.78, 5) is 24.9. The molecule has 1 aliphatic heterocycles. The van der Waals surface area contributed by atoms with Crippen LogP contribution in [0, 0.1) is 0 Å². The lowest BCUT2D eigenvalue weighted by molar-refractivity contribution is 0.0734. The highest BCUT2D eigenvalue weighted by atomic mass is 79.9. The van der Waals surface area contributed by atoms with E-state index in [1.54, 1.807) is 48.5 Å². The largest absolute Gasteiger partial charge is 0.494 e. The van der Waals surface area contributed by atoms with Gasteiger partial charge in [0.1, 0.15) is 17.2 Å². The first-order valence-corrected chi connectivity index (χ1v) is 10.1. The minimum Gasteiger partial charge on any atom is -0.494 e. The van der Waals surface area contributed by atoms with Gasteiger partial charge in [0.15, 0.2) is 5.76 Å². The summed E-state index contributed by atoms with van der Waals surface area (Å²) in [7, 11) is 0. The van der Waals surface area contributed by atoms with Gasteiger partial charge in [-0.1, -0.05) is 28.1 Å². The Balaban J connectivity index is 1.50. The van der Waals surface area contributed by atoms with Crippen LogP contribution in [-0.2, 0) is 0 Å². The second-order valence-corrected chi connectivity index (χ2v) is 7.41. The van der Waals surface area contributed by atoms with Crippen molar-refractivity contribution in [2.24, 2.45) is 0 Å². The van der Waals surface area contributed by atoms with Crippen LogP contribution < -0.4 is 14.2 Å². The molecule has 4 rings (SSSR count). The third-order valence-corrected chi connectivity index (χ3v) is 4.95. The van der Waals surface area contributed by atoms with Crippen LogP contribution in [0.3, 0.4) is 0 Å². The molecule has 0 saturated heterocycles. The summed E-state index contributed by atoms with van der Waals surface area (Å²) in [6.45, 7) is 2.51. The fraction of sp³-hybridized carbons (Fsp3) is 0.0833. The predicted octanol–water partition coefficient (Wildman–Crippen LogP) is 5.68. The molecule has 30 heavy (non-hydrogen) atoms. The maximum absolute atomic E-state index is 12.6. The summed E-state index contributed by atoms with van der Waals surface area (Å²) in [5.74, 6) is 0.932. The van der Waals surface area contributed by atoms with E-state index in [0.717, 1.165) is 15.8 Å². The molecule has 0 aliphatic carbocycles. The van der Waals surface area contributed by atoms with E-state index < -0.39 is 5.97 Å². The molecule has 0 fully saturated rings. The Morgan fingerprint density at radius 1 is 1.00 bits per heavy atom. The molecule has 3 aromatic carbocycles. The Kier molecular flexibility index (Phi) is 5.68. The lowest BCUT2D eigenvalue weighted by Gasteiger charge is -2.06. The van der Waals surface area contributed by atoms with Gasteiger partial charge in [0, 0.05) is 10.5 Å². The molecule has 0 saturated carbocycles. The van der Waals surface area contributed by atoms with E-state index >= 15 is 0 Å². The van der Waals surface area contributed by atoms with Gasteiger partial charge in [-0.05, 0) is 67.1 Å². The van der Waals surface area contributed by atoms with Crippen LogP contribution in [0.2, 0.25) is 0 Å². The van der Waals surface area contributed by atoms with Gasteiger partial charge in [-0.2, -0.15) is 0 Å². The zero-order valence-electron chi connectivity index (χ0n) is 16.1. The Hall–Kier alpha value is -3.38. The highest BCUT2D eigenvalue weighted by Gasteiger charge is 2.28. The molecule has 0 N–H and O–H groups in total. The van der Waals surface area contributed by atoms with Crippen molar-refractivity contribution in [1.29, 1.82) is 0 Å². The molecular formula is C24H17BrO5. The van der Waals surface area contributed by atoms with E-state index in [2.05, 4.69) is 15.9 Å². The number of halogens is 1. The van der Waals surface area contributed by atoms with Crippen molar-refractivity contribution in [3.8, 4) is 17.2 Å². The van der Waals surface area contributed by atoms with E-state index in [9.17, 15) is 9.59 Å². The molecule has 3 aromatic rings. The van der Waals surface area contributed by atoms with Crippen molar-refractivity contribution in [2.75, 3.05) is 6.61 Å². The van der Waals surface area contributed by atoms with Crippen LogP contribution in [0.1, 0.15) is 33.2 Å². The lowest BCUT2D eigenvalue weighted by atomic mass is 10.1. The number of fused-ring (bicyclic) bond motifs is 1. The molecule has 0 aromatic heterocycles. The molecular weight excluding hydrogens is 448 g/mol. The summed E-state index contributed by atoms with van der Waals surface area (Å²) >= 11 is 3.33. The summed E-state index contributed by atoms with van der Waals surface area (Å²) < 4.78 is 17.4. The highest BCUT2D eigenvalue weighted by molar-refractivity contribution is 9.10. The maximum Gasteiger partial charge on any atom is 0.343 e. The molecule has 1 heterocycles. The van der Waals surface area contributed by atoms with Crippen LogP contribution in [0.5, 0.6) is 17.2 Å². The normalized spacial score (nSPS) is 13.7. The average Bonchev–Trinajstić information content (AvgIpc) is 3.05. The Morgan fingerprint density at radius 3 is 2.40 bits per heavy atom. The van der Waals surface area contributed by atoms with E-state index in [-0.39, 0.29) is 11.5 Å². The number of carbonyl (C=O) groups is 2. The van der Waals surface area contributed by atoms with Crippen molar-refractivity contribution in [3.63, 3.8) is 0 Å². The SMILES string of the molecule is CCOc1ccc(C=C2Oc3cc(OC(=O)c4ccc(Br)cc4)ccc3C2=O)cc1. The first kappa shape index (κ1) is 19.9. The van der Waals surface area contributed by atoms with E-state index in [1.165, 1.54) is 0 Å². The van der Waals surface area contributed by atoms with Crippen molar-refractivity contribution >= 4 is 33.8 Å². The van der Waals surface area contributed by atoms with Crippen molar-refractivity contribution in [1.82, 2.24) is 0 Å². The molecule has 150 valence electrons. The van der Waals surface area contributed by atoms with Crippen LogP contribution in [0.15, 0.2) is 77.0 Å². The fourth-order valence-electron chi connectivity index (χ4n) is 2.96. The van der Waals surface area contributed by atoms with Crippen molar-refractivity contribution in [3.05, 3.63) is 93.7 Å². The smallest absolute Gasteiger partial charge is 0.343 e. The van der Waals surface area contributed by atoms with Crippen LogP contribution >= 0.6 is 15.9 Å². The minimum absolute atomic E-state index is 0.213. The highest BCUT2D eigenvalue weighted by Crippen LogP contribution is 2.35. The Morgan fingerprint density at radius 2 is 1.70 bits per heavy atom. The van der Waals surface area contributed by atoms with Gasteiger partial charge in [0.2, 0.25) is 5.78 Å². The first-order chi connectivity index (χ1) is 14.5. The van der Waals surface area contributed by atoms with Crippen LogP contribution in [0.25, 0.3) is 6.08 Å². The van der Waals surface area contributed by atoms with E-state index in [4.69, 9.17) is 14.2 Å². The molecule has 0 amide bonds. The van der Waals surface area contributed by atoms with E-state index in [1.807, 2.05) is 31.2 Å². The number of hydrogen-bond acceptors (Lipinski definition) is 5. The van der Waals surface area contributed by atoms with E-state index in [0.29, 0.717) is 29.2 Å². The zero-order valence-corrected chi connectivity index (χ0v) is 17.6. The fourth-order valence-corrected chi connectivity index (χ4v) is 3.23. The quantitative estimate of drug-likeness (QED) is 0.276. The summed E-state index contributed by atoms with van der Waals surface area (Å²) in [5, 5.41) is 0. The molecule has 0 bridgehead atoms. The Bertz CT molecular complexity index is 1130. The molecule has 0 spiro atoms. The number of hydrogen-bond donors (Lipinski definition) is 0. The molecule has 0 atom stereocenters. The van der Waals surface area contributed by atoms with Gasteiger partial charge in [-0.3, -0.25) is 4.79 Å². The van der Waals surface area contributed by atoms with Gasteiger partial charge < -0.3 is 14.2 Å². The van der Waals surface area contributed by atoms with Crippen molar-refractivity contribution in [2.45, 2.75) is 6.92 Å². The van der Waals surface area contributed by atoms with Gasteiger partial charge in [0.05, 0.1) is 17.7 Å². The van der Waals surface area contributed by atoms with Crippen molar-refractivity contribution < 1.29 is 23.8 Å². The average molecular weight is 465 g/mol. The van der Waals surface area contributed by atoms with Crippen LogP contribution in [-0.4, -0.2) is 18.4 Å². The number of allylic oxidation sites excluding steroid dienone is 1. The monoisotopic (exact) mass is 464 g/mol. The molecule has 0 radical (unpaired) electrons.